The van der Waals surface area contributed by atoms with Gasteiger partial charge in [-0.3, -0.25) is 0 Å². The van der Waals surface area contributed by atoms with Gasteiger partial charge in [0.15, 0.2) is 9.84 Å². The molecule has 3 nitrogen and oxygen atoms in total. The SMILES string of the molecule is CCC(C)NCC(C)S(=O)(=O)C1CCCC1. The Morgan fingerprint density at radius 2 is 1.81 bits per heavy atom. The van der Waals surface area contributed by atoms with Crippen LogP contribution in [0.15, 0.2) is 0 Å². The summed E-state index contributed by atoms with van der Waals surface area (Å²) in [7, 11) is -2.91. The minimum atomic E-state index is -2.91. The number of hydrogen-bond donors (Lipinski definition) is 1. The molecule has 0 aromatic heterocycles. The number of rotatable bonds is 6. The lowest BCUT2D eigenvalue weighted by atomic mass is 10.2. The van der Waals surface area contributed by atoms with E-state index in [0.717, 1.165) is 32.1 Å². The second kappa shape index (κ2) is 6.01. The van der Waals surface area contributed by atoms with Gasteiger partial charge in [0.1, 0.15) is 0 Å². The zero-order valence-electron chi connectivity index (χ0n) is 10.7. The van der Waals surface area contributed by atoms with Gasteiger partial charge >= 0.3 is 0 Å². The molecule has 0 amide bonds. The molecular formula is C12H25NO2S. The standard InChI is InChI=1S/C12H25NO2S/c1-4-10(2)13-9-11(3)16(14,15)12-7-5-6-8-12/h10-13H,4-9H2,1-3H3. The van der Waals surface area contributed by atoms with E-state index < -0.39 is 9.84 Å². The second-order valence-corrected chi connectivity index (χ2v) is 7.67. The van der Waals surface area contributed by atoms with Crippen LogP contribution >= 0.6 is 0 Å². The maximum absolute atomic E-state index is 12.2. The molecule has 1 rings (SSSR count). The average molecular weight is 247 g/mol. The summed E-state index contributed by atoms with van der Waals surface area (Å²) >= 11 is 0. The first kappa shape index (κ1) is 14.0. The molecule has 16 heavy (non-hydrogen) atoms. The van der Waals surface area contributed by atoms with Crippen LogP contribution in [-0.4, -0.2) is 31.5 Å². The van der Waals surface area contributed by atoms with Gasteiger partial charge in [-0.25, -0.2) is 8.42 Å². The van der Waals surface area contributed by atoms with Crippen molar-refractivity contribution in [2.75, 3.05) is 6.54 Å². The Balaban J connectivity index is 2.48. The van der Waals surface area contributed by atoms with Gasteiger partial charge in [-0.05, 0) is 33.1 Å². The molecule has 1 aliphatic rings. The highest BCUT2D eigenvalue weighted by molar-refractivity contribution is 7.92. The van der Waals surface area contributed by atoms with Crippen molar-refractivity contribution in [1.29, 1.82) is 0 Å². The Bertz CT molecular complexity index is 294. The van der Waals surface area contributed by atoms with Crippen LogP contribution in [0.3, 0.4) is 0 Å². The normalized spacial score (nSPS) is 22.2. The van der Waals surface area contributed by atoms with Gasteiger partial charge in [0, 0.05) is 12.6 Å². The van der Waals surface area contributed by atoms with Crippen LogP contribution in [0, 0.1) is 0 Å². The van der Waals surface area contributed by atoms with Crippen LogP contribution in [0.5, 0.6) is 0 Å². The monoisotopic (exact) mass is 247 g/mol. The minimum absolute atomic E-state index is 0.0683. The zero-order chi connectivity index (χ0) is 12.2. The van der Waals surface area contributed by atoms with E-state index >= 15 is 0 Å². The van der Waals surface area contributed by atoms with Gasteiger partial charge in [0.25, 0.3) is 0 Å². The maximum Gasteiger partial charge on any atom is 0.156 e. The van der Waals surface area contributed by atoms with Crippen LogP contribution in [0.1, 0.15) is 52.9 Å². The summed E-state index contributed by atoms with van der Waals surface area (Å²) in [5.41, 5.74) is 0. The molecule has 0 heterocycles. The number of sulfone groups is 1. The lowest BCUT2D eigenvalue weighted by Gasteiger charge is -2.20. The highest BCUT2D eigenvalue weighted by Gasteiger charge is 2.33. The summed E-state index contributed by atoms with van der Waals surface area (Å²) in [6.45, 7) is 6.62. The van der Waals surface area contributed by atoms with Crippen molar-refractivity contribution >= 4 is 9.84 Å². The summed E-state index contributed by atoms with van der Waals surface area (Å²) in [5, 5.41) is 2.97. The zero-order valence-corrected chi connectivity index (χ0v) is 11.5. The lowest BCUT2D eigenvalue weighted by molar-refractivity contribution is 0.515. The predicted molar refractivity (Wildman–Crippen MR) is 68.4 cm³/mol. The molecular weight excluding hydrogens is 222 g/mol. The van der Waals surface area contributed by atoms with Gasteiger partial charge in [0.2, 0.25) is 0 Å². The van der Waals surface area contributed by atoms with Crippen LogP contribution in [0.4, 0.5) is 0 Å². The summed E-state index contributed by atoms with van der Waals surface area (Å²) in [5.74, 6) is 0. The van der Waals surface area contributed by atoms with E-state index in [9.17, 15) is 8.42 Å². The molecule has 1 aliphatic carbocycles. The van der Waals surface area contributed by atoms with Gasteiger partial charge in [-0.1, -0.05) is 19.8 Å². The van der Waals surface area contributed by atoms with E-state index in [4.69, 9.17) is 0 Å². The van der Waals surface area contributed by atoms with Gasteiger partial charge < -0.3 is 5.32 Å². The van der Waals surface area contributed by atoms with Gasteiger partial charge in [-0.15, -0.1) is 0 Å². The molecule has 0 aliphatic heterocycles. The van der Waals surface area contributed by atoms with Crippen molar-refractivity contribution in [3.05, 3.63) is 0 Å². The minimum Gasteiger partial charge on any atom is -0.313 e. The van der Waals surface area contributed by atoms with E-state index in [1.165, 1.54) is 0 Å². The van der Waals surface area contributed by atoms with E-state index in [0.29, 0.717) is 12.6 Å². The summed E-state index contributed by atoms with van der Waals surface area (Å²) in [4.78, 5) is 0. The van der Waals surface area contributed by atoms with E-state index in [2.05, 4.69) is 19.2 Å². The molecule has 0 radical (unpaired) electrons. The lowest BCUT2D eigenvalue weighted by Crippen LogP contribution is -2.39. The average Bonchev–Trinajstić information content (AvgIpc) is 2.78. The Morgan fingerprint density at radius 3 is 2.31 bits per heavy atom. The first-order chi connectivity index (χ1) is 7.48. The third-order valence-electron chi connectivity index (χ3n) is 3.69. The second-order valence-electron chi connectivity index (χ2n) is 5.02. The Morgan fingerprint density at radius 1 is 1.25 bits per heavy atom. The Hall–Kier alpha value is -0.0900. The molecule has 96 valence electrons. The highest BCUT2D eigenvalue weighted by Crippen LogP contribution is 2.27. The first-order valence-electron chi connectivity index (χ1n) is 6.44. The molecule has 1 N–H and O–H groups in total. The number of nitrogens with one attached hydrogen (secondary N) is 1. The van der Waals surface area contributed by atoms with Crippen molar-refractivity contribution < 1.29 is 8.42 Å². The summed E-state index contributed by atoms with van der Waals surface area (Å²) in [6, 6.07) is 0.404. The van der Waals surface area contributed by atoms with Crippen LogP contribution in [0.2, 0.25) is 0 Å². The molecule has 2 unspecified atom stereocenters. The quantitative estimate of drug-likeness (QED) is 0.782. The van der Waals surface area contributed by atoms with E-state index in [1.54, 1.807) is 0 Å². The van der Waals surface area contributed by atoms with Gasteiger partial charge in [0.05, 0.1) is 10.5 Å². The van der Waals surface area contributed by atoms with Crippen molar-refractivity contribution in [3.8, 4) is 0 Å². The fourth-order valence-electron chi connectivity index (χ4n) is 2.17. The molecule has 0 aromatic rings. The maximum atomic E-state index is 12.2. The van der Waals surface area contributed by atoms with Crippen molar-refractivity contribution in [2.24, 2.45) is 0 Å². The van der Waals surface area contributed by atoms with Crippen LogP contribution in [-0.2, 0) is 9.84 Å². The van der Waals surface area contributed by atoms with Crippen molar-refractivity contribution in [3.63, 3.8) is 0 Å². The third kappa shape index (κ3) is 3.45. The first-order valence-corrected chi connectivity index (χ1v) is 8.05. The largest absolute Gasteiger partial charge is 0.313 e. The topological polar surface area (TPSA) is 46.2 Å². The fraction of sp³-hybridized carbons (Fsp3) is 1.00. The molecule has 1 fully saturated rings. The van der Waals surface area contributed by atoms with Crippen molar-refractivity contribution in [1.82, 2.24) is 5.32 Å². The highest BCUT2D eigenvalue weighted by atomic mass is 32.2. The molecule has 2 atom stereocenters. The number of hydrogen-bond acceptors (Lipinski definition) is 3. The van der Waals surface area contributed by atoms with E-state index in [-0.39, 0.29) is 10.5 Å². The molecule has 0 bridgehead atoms. The molecule has 0 aromatic carbocycles. The van der Waals surface area contributed by atoms with E-state index in [1.807, 2.05) is 6.92 Å². The third-order valence-corrected chi connectivity index (χ3v) is 6.38. The predicted octanol–water partition coefficient (Wildman–Crippen LogP) is 2.12. The molecule has 4 heteroatoms. The van der Waals surface area contributed by atoms with Crippen LogP contribution < -0.4 is 5.32 Å². The van der Waals surface area contributed by atoms with Gasteiger partial charge in [-0.2, -0.15) is 0 Å². The smallest absolute Gasteiger partial charge is 0.156 e. The van der Waals surface area contributed by atoms with Crippen molar-refractivity contribution in [2.45, 2.75) is 69.4 Å². The fourth-order valence-corrected chi connectivity index (χ4v) is 4.15. The van der Waals surface area contributed by atoms with Crippen LogP contribution in [0.25, 0.3) is 0 Å². The Labute approximate surface area is 99.9 Å². The Kier molecular flexibility index (Phi) is 5.25. The summed E-state index contributed by atoms with van der Waals surface area (Å²) < 4.78 is 24.4. The molecule has 0 spiro atoms. The summed E-state index contributed by atoms with van der Waals surface area (Å²) in [6.07, 6.45) is 4.94. The molecule has 1 saturated carbocycles. The molecule has 0 saturated heterocycles.